The van der Waals surface area contributed by atoms with Crippen LogP contribution >= 0.6 is 11.6 Å². The molecular formula is C11H7ClFN3. The second-order valence-electron chi connectivity index (χ2n) is 3.25. The van der Waals surface area contributed by atoms with E-state index in [4.69, 9.17) is 16.9 Å². The summed E-state index contributed by atoms with van der Waals surface area (Å²) in [6.45, 7) is 1.70. The van der Waals surface area contributed by atoms with Crippen molar-refractivity contribution in [1.29, 1.82) is 5.26 Å². The summed E-state index contributed by atoms with van der Waals surface area (Å²) in [4.78, 5) is 0. The molecule has 0 bridgehead atoms. The van der Waals surface area contributed by atoms with Crippen molar-refractivity contribution in [2.45, 2.75) is 6.92 Å². The summed E-state index contributed by atoms with van der Waals surface area (Å²) in [5, 5.41) is 13.2. The zero-order chi connectivity index (χ0) is 11.7. The largest absolute Gasteiger partial charge is 0.221 e. The highest BCUT2D eigenvalue weighted by molar-refractivity contribution is 6.31. The average molecular weight is 236 g/mol. The standard InChI is InChI=1S/C11H7ClFN3/c1-7-10(6-14)11(12)16(15-7)9-4-2-8(13)3-5-9/h2-5H,1H3. The summed E-state index contributed by atoms with van der Waals surface area (Å²) in [6, 6.07) is 7.70. The summed E-state index contributed by atoms with van der Waals surface area (Å²) < 4.78 is 14.2. The van der Waals surface area contributed by atoms with E-state index in [0.717, 1.165) is 0 Å². The van der Waals surface area contributed by atoms with E-state index in [1.165, 1.54) is 16.8 Å². The van der Waals surface area contributed by atoms with Gasteiger partial charge in [-0.25, -0.2) is 9.07 Å². The summed E-state index contributed by atoms with van der Waals surface area (Å²) in [5.41, 5.74) is 1.51. The molecule has 0 saturated carbocycles. The van der Waals surface area contributed by atoms with Crippen LogP contribution in [0.25, 0.3) is 5.69 Å². The number of nitriles is 1. The van der Waals surface area contributed by atoms with Gasteiger partial charge in [0.15, 0.2) is 5.15 Å². The van der Waals surface area contributed by atoms with Crippen molar-refractivity contribution in [1.82, 2.24) is 9.78 Å². The summed E-state index contributed by atoms with van der Waals surface area (Å²) in [7, 11) is 0. The zero-order valence-electron chi connectivity index (χ0n) is 8.41. The van der Waals surface area contributed by atoms with Gasteiger partial charge in [-0.3, -0.25) is 0 Å². The molecule has 0 atom stereocenters. The number of aromatic nitrogens is 2. The van der Waals surface area contributed by atoms with Crippen LogP contribution < -0.4 is 0 Å². The molecule has 2 rings (SSSR count). The Bertz CT molecular complexity index is 566. The van der Waals surface area contributed by atoms with E-state index in [1.54, 1.807) is 19.1 Å². The molecule has 0 unspecified atom stereocenters. The SMILES string of the molecule is Cc1nn(-c2ccc(F)cc2)c(Cl)c1C#N. The smallest absolute Gasteiger partial charge is 0.150 e. The fourth-order valence-corrected chi connectivity index (χ4v) is 1.69. The van der Waals surface area contributed by atoms with Crippen molar-refractivity contribution in [3.8, 4) is 11.8 Å². The number of nitrogens with zero attached hydrogens (tertiary/aromatic N) is 3. The number of benzene rings is 1. The predicted molar refractivity (Wildman–Crippen MR) is 58.0 cm³/mol. The first-order valence-electron chi connectivity index (χ1n) is 4.54. The summed E-state index contributed by atoms with van der Waals surface area (Å²) in [6.07, 6.45) is 0. The topological polar surface area (TPSA) is 41.6 Å². The summed E-state index contributed by atoms with van der Waals surface area (Å²) in [5.74, 6) is -0.329. The number of hydrogen-bond donors (Lipinski definition) is 0. The van der Waals surface area contributed by atoms with E-state index in [0.29, 0.717) is 16.9 Å². The normalized spacial score (nSPS) is 10.1. The lowest BCUT2D eigenvalue weighted by Crippen LogP contribution is -1.96. The van der Waals surface area contributed by atoms with E-state index in [-0.39, 0.29) is 11.0 Å². The molecule has 1 aromatic carbocycles. The molecule has 0 spiro atoms. The van der Waals surface area contributed by atoms with Crippen LogP contribution in [0.1, 0.15) is 11.3 Å². The Morgan fingerprint density at radius 1 is 1.38 bits per heavy atom. The van der Waals surface area contributed by atoms with E-state index in [9.17, 15) is 4.39 Å². The molecule has 3 nitrogen and oxygen atoms in total. The van der Waals surface area contributed by atoms with Crippen LogP contribution in [-0.2, 0) is 0 Å². The van der Waals surface area contributed by atoms with Gasteiger partial charge >= 0.3 is 0 Å². The average Bonchev–Trinajstić information content (AvgIpc) is 2.55. The lowest BCUT2D eigenvalue weighted by molar-refractivity contribution is 0.627. The molecule has 0 aliphatic heterocycles. The molecule has 0 aliphatic rings. The Balaban J connectivity index is 2.58. The van der Waals surface area contributed by atoms with Gasteiger partial charge in [-0.2, -0.15) is 10.4 Å². The number of halogens is 2. The van der Waals surface area contributed by atoms with Gasteiger partial charge in [0, 0.05) is 0 Å². The highest BCUT2D eigenvalue weighted by Crippen LogP contribution is 2.22. The summed E-state index contributed by atoms with van der Waals surface area (Å²) >= 11 is 5.99. The molecule has 5 heteroatoms. The van der Waals surface area contributed by atoms with Gasteiger partial charge in [0.1, 0.15) is 17.4 Å². The van der Waals surface area contributed by atoms with Gasteiger partial charge in [0.25, 0.3) is 0 Å². The first-order chi connectivity index (χ1) is 7.63. The minimum Gasteiger partial charge on any atom is -0.221 e. The van der Waals surface area contributed by atoms with Gasteiger partial charge in [-0.1, -0.05) is 11.6 Å². The Morgan fingerprint density at radius 3 is 2.50 bits per heavy atom. The van der Waals surface area contributed by atoms with Crippen LogP contribution in [0.4, 0.5) is 4.39 Å². The molecule has 1 heterocycles. The molecule has 1 aromatic heterocycles. The number of rotatable bonds is 1. The minimum absolute atomic E-state index is 0.242. The number of aryl methyl sites for hydroxylation is 1. The van der Waals surface area contributed by atoms with Crippen LogP contribution in [0.2, 0.25) is 5.15 Å². The van der Waals surface area contributed by atoms with Crippen LogP contribution in [-0.4, -0.2) is 9.78 Å². The molecule has 0 fully saturated rings. The molecule has 80 valence electrons. The Morgan fingerprint density at radius 2 is 2.00 bits per heavy atom. The van der Waals surface area contributed by atoms with Crippen LogP contribution in [0.3, 0.4) is 0 Å². The maximum absolute atomic E-state index is 12.7. The minimum atomic E-state index is -0.329. The van der Waals surface area contributed by atoms with Gasteiger partial charge < -0.3 is 0 Å². The molecule has 0 amide bonds. The zero-order valence-corrected chi connectivity index (χ0v) is 9.16. The molecule has 0 radical (unpaired) electrons. The highest BCUT2D eigenvalue weighted by Gasteiger charge is 2.13. The predicted octanol–water partition coefficient (Wildman–Crippen LogP) is 2.84. The van der Waals surface area contributed by atoms with Crippen molar-refractivity contribution < 1.29 is 4.39 Å². The second kappa shape index (κ2) is 3.95. The van der Waals surface area contributed by atoms with E-state index in [2.05, 4.69) is 5.10 Å². The first kappa shape index (κ1) is 10.7. The third-order valence-corrected chi connectivity index (χ3v) is 2.54. The molecular weight excluding hydrogens is 229 g/mol. The Kier molecular flexibility index (Phi) is 2.63. The second-order valence-corrected chi connectivity index (χ2v) is 3.61. The first-order valence-corrected chi connectivity index (χ1v) is 4.92. The molecule has 2 aromatic rings. The van der Waals surface area contributed by atoms with Gasteiger partial charge in [0.05, 0.1) is 11.4 Å². The van der Waals surface area contributed by atoms with Gasteiger partial charge in [-0.15, -0.1) is 0 Å². The Hall–Kier alpha value is -1.86. The van der Waals surface area contributed by atoms with Crippen molar-refractivity contribution in [3.05, 3.63) is 46.5 Å². The van der Waals surface area contributed by atoms with Crippen molar-refractivity contribution in [2.24, 2.45) is 0 Å². The quantitative estimate of drug-likeness (QED) is 0.763. The maximum atomic E-state index is 12.7. The molecule has 0 N–H and O–H groups in total. The van der Waals surface area contributed by atoms with E-state index >= 15 is 0 Å². The van der Waals surface area contributed by atoms with E-state index in [1.807, 2.05) is 6.07 Å². The van der Waals surface area contributed by atoms with Crippen molar-refractivity contribution in [3.63, 3.8) is 0 Å². The molecule has 0 aliphatic carbocycles. The maximum Gasteiger partial charge on any atom is 0.150 e. The highest BCUT2D eigenvalue weighted by atomic mass is 35.5. The monoisotopic (exact) mass is 235 g/mol. The Labute approximate surface area is 96.7 Å². The van der Waals surface area contributed by atoms with Crippen LogP contribution in [0.15, 0.2) is 24.3 Å². The van der Waals surface area contributed by atoms with Gasteiger partial charge in [0.2, 0.25) is 0 Å². The number of hydrogen-bond acceptors (Lipinski definition) is 2. The van der Waals surface area contributed by atoms with E-state index < -0.39 is 0 Å². The lowest BCUT2D eigenvalue weighted by atomic mass is 10.3. The third kappa shape index (κ3) is 1.66. The molecule has 0 saturated heterocycles. The third-order valence-electron chi connectivity index (χ3n) is 2.19. The van der Waals surface area contributed by atoms with Crippen molar-refractivity contribution in [2.75, 3.05) is 0 Å². The fraction of sp³-hybridized carbons (Fsp3) is 0.0909. The van der Waals surface area contributed by atoms with Crippen LogP contribution in [0, 0.1) is 24.1 Å². The van der Waals surface area contributed by atoms with Gasteiger partial charge in [-0.05, 0) is 31.2 Å². The fourth-order valence-electron chi connectivity index (χ4n) is 1.38. The lowest BCUT2D eigenvalue weighted by Gasteiger charge is -2.01. The van der Waals surface area contributed by atoms with Crippen LogP contribution in [0.5, 0.6) is 0 Å². The molecule has 16 heavy (non-hydrogen) atoms. The van der Waals surface area contributed by atoms with Crippen molar-refractivity contribution >= 4 is 11.6 Å².